The molecule has 0 fully saturated rings. The van der Waals surface area contributed by atoms with Crippen molar-refractivity contribution in [3.8, 4) is 11.4 Å². The molecule has 2 aromatic heterocycles. The normalized spacial score (nSPS) is 12.0. The smallest absolute Gasteiger partial charge is 0.313 e. The SMILES string of the molecule is C[C@@H](c1ccccc1)n1c(SCC(=O)O)nnc1-c1cccnc1. The predicted molar refractivity (Wildman–Crippen MR) is 91.9 cm³/mol. The van der Waals surface area contributed by atoms with Gasteiger partial charge < -0.3 is 5.11 Å². The first-order valence-electron chi connectivity index (χ1n) is 7.41. The van der Waals surface area contributed by atoms with Crippen molar-refractivity contribution in [3.05, 3.63) is 60.4 Å². The minimum atomic E-state index is -0.884. The van der Waals surface area contributed by atoms with Gasteiger partial charge in [-0.05, 0) is 24.6 Å². The summed E-state index contributed by atoms with van der Waals surface area (Å²) in [5.41, 5.74) is 1.94. The molecule has 7 heteroatoms. The molecule has 0 unspecified atom stereocenters. The van der Waals surface area contributed by atoms with Crippen molar-refractivity contribution in [1.82, 2.24) is 19.7 Å². The second-order valence-electron chi connectivity index (χ2n) is 5.19. The van der Waals surface area contributed by atoms with Gasteiger partial charge in [0.15, 0.2) is 11.0 Å². The summed E-state index contributed by atoms with van der Waals surface area (Å²) in [5, 5.41) is 18.0. The first-order valence-corrected chi connectivity index (χ1v) is 8.40. The Labute approximate surface area is 143 Å². The zero-order valence-electron chi connectivity index (χ0n) is 13.0. The molecule has 0 bridgehead atoms. The number of hydrogen-bond acceptors (Lipinski definition) is 5. The van der Waals surface area contributed by atoms with Crippen LogP contribution in [0, 0.1) is 0 Å². The number of carboxylic acids is 1. The van der Waals surface area contributed by atoms with E-state index in [1.165, 1.54) is 0 Å². The Balaban J connectivity index is 2.05. The molecule has 24 heavy (non-hydrogen) atoms. The highest BCUT2D eigenvalue weighted by Crippen LogP contribution is 2.30. The molecule has 0 aliphatic heterocycles. The van der Waals surface area contributed by atoms with Crippen LogP contribution in [0.4, 0.5) is 0 Å². The van der Waals surface area contributed by atoms with Crippen LogP contribution in [-0.2, 0) is 4.79 Å². The van der Waals surface area contributed by atoms with Crippen molar-refractivity contribution < 1.29 is 9.90 Å². The first-order chi connectivity index (χ1) is 11.7. The van der Waals surface area contributed by atoms with Crippen molar-refractivity contribution in [3.63, 3.8) is 0 Å². The average molecular weight is 340 g/mol. The van der Waals surface area contributed by atoms with Crippen LogP contribution in [0.1, 0.15) is 18.5 Å². The molecule has 0 aliphatic rings. The number of thioether (sulfide) groups is 1. The van der Waals surface area contributed by atoms with E-state index in [1.54, 1.807) is 12.4 Å². The van der Waals surface area contributed by atoms with E-state index in [0.717, 1.165) is 22.9 Å². The second kappa shape index (κ2) is 7.27. The standard InChI is InChI=1S/C17H16N4O2S/c1-12(13-6-3-2-4-7-13)21-16(14-8-5-9-18-10-14)19-20-17(21)24-11-15(22)23/h2-10,12H,11H2,1H3,(H,22,23)/t12-/m0/s1. The summed E-state index contributed by atoms with van der Waals surface area (Å²) in [7, 11) is 0. The Morgan fingerprint density at radius 3 is 2.67 bits per heavy atom. The number of carbonyl (C=O) groups is 1. The largest absolute Gasteiger partial charge is 0.481 e. The van der Waals surface area contributed by atoms with Crippen LogP contribution >= 0.6 is 11.8 Å². The minimum Gasteiger partial charge on any atom is -0.481 e. The fourth-order valence-corrected chi connectivity index (χ4v) is 3.16. The molecule has 0 amide bonds. The van der Waals surface area contributed by atoms with Gasteiger partial charge in [-0.2, -0.15) is 0 Å². The molecule has 0 aliphatic carbocycles. The van der Waals surface area contributed by atoms with Crippen LogP contribution < -0.4 is 0 Å². The molecule has 2 heterocycles. The molecule has 1 aromatic carbocycles. The molecule has 3 rings (SSSR count). The molecule has 0 saturated carbocycles. The van der Waals surface area contributed by atoms with Crippen LogP contribution in [0.5, 0.6) is 0 Å². The third-order valence-electron chi connectivity index (χ3n) is 3.58. The van der Waals surface area contributed by atoms with Crippen molar-refractivity contribution >= 4 is 17.7 Å². The number of benzene rings is 1. The lowest BCUT2D eigenvalue weighted by molar-refractivity contribution is -0.133. The Morgan fingerprint density at radius 2 is 2.00 bits per heavy atom. The van der Waals surface area contributed by atoms with Gasteiger partial charge in [0.2, 0.25) is 0 Å². The highest BCUT2D eigenvalue weighted by Gasteiger charge is 2.21. The van der Waals surface area contributed by atoms with E-state index in [2.05, 4.69) is 15.2 Å². The maximum atomic E-state index is 10.9. The maximum Gasteiger partial charge on any atom is 0.313 e. The van der Waals surface area contributed by atoms with Crippen molar-refractivity contribution in [1.29, 1.82) is 0 Å². The van der Waals surface area contributed by atoms with Gasteiger partial charge in [-0.25, -0.2) is 0 Å². The van der Waals surface area contributed by atoms with Gasteiger partial charge in [0.1, 0.15) is 0 Å². The third-order valence-corrected chi connectivity index (χ3v) is 4.51. The average Bonchev–Trinajstić information content (AvgIpc) is 3.04. The van der Waals surface area contributed by atoms with Gasteiger partial charge in [0.25, 0.3) is 0 Å². The summed E-state index contributed by atoms with van der Waals surface area (Å²) >= 11 is 1.16. The lowest BCUT2D eigenvalue weighted by atomic mass is 10.1. The van der Waals surface area contributed by atoms with E-state index < -0.39 is 5.97 Å². The van der Waals surface area contributed by atoms with E-state index in [0.29, 0.717) is 11.0 Å². The van der Waals surface area contributed by atoms with Crippen LogP contribution in [-0.4, -0.2) is 36.6 Å². The highest BCUT2D eigenvalue weighted by atomic mass is 32.2. The zero-order chi connectivity index (χ0) is 16.9. The summed E-state index contributed by atoms with van der Waals surface area (Å²) in [4.78, 5) is 15.0. The third kappa shape index (κ3) is 3.46. The number of pyridine rings is 1. The summed E-state index contributed by atoms with van der Waals surface area (Å²) in [6.07, 6.45) is 3.43. The molecule has 122 valence electrons. The lowest BCUT2D eigenvalue weighted by Crippen LogP contribution is -2.11. The highest BCUT2D eigenvalue weighted by molar-refractivity contribution is 7.99. The molecular formula is C17H16N4O2S. The number of nitrogens with zero attached hydrogens (tertiary/aromatic N) is 4. The number of aliphatic carboxylic acids is 1. The van der Waals surface area contributed by atoms with Crippen molar-refractivity contribution in [2.75, 3.05) is 5.75 Å². The Bertz CT molecular complexity index is 821. The maximum absolute atomic E-state index is 10.9. The topological polar surface area (TPSA) is 80.9 Å². The molecular weight excluding hydrogens is 324 g/mol. The van der Waals surface area contributed by atoms with Gasteiger partial charge in [-0.1, -0.05) is 42.1 Å². The summed E-state index contributed by atoms with van der Waals surface area (Å²) in [5.74, 6) is -0.274. The predicted octanol–water partition coefficient (Wildman–Crippen LogP) is 3.13. The number of carboxylic acid groups (broad SMARTS) is 1. The fraction of sp³-hybridized carbons (Fsp3) is 0.176. The van der Waals surface area contributed by atoms with Crippen LogP contribution in [0.25, 0.3) is 11.4 Å². The summed E-state index contributed by atoms with van der Waals surface area (Å²) in [6, 6.07) is 13.7. The van der Waals surface area contributed by atoms with Crippen LogP contribution in [0.2, 0.25) is 0 Å². The summed E-state index contributed by atoms with van der Waals surface area (Å²) < 4.78 is 1.96. The number of hydrogen-bond donors (Lipinski definition) is 1. The zero-order valence-corrected chi connectivity index (χ0v) is 13.8. The van der Waals surface area contributed by atoms with E-state index in [1.807, 2.05) is 54.0 Å². The molecule has 1 atom stereocenters. The van der Waals surface area contributed by atoms with Gasteiger partial charge in [0, 0.05) is 18.0 Å². The second-order valence-corrected chi connectivity index (χ2v) is 6.13. The number of rotatable bonds is 6. The van der Waals surface area contributed by atoms with Gasteiger partial charge in [-0.15, -0.1) is 10.2 Å². The van der Waals surface area contributed by atoms with Crippen molar-refractivity contribution in [2.24, 2.45) is 0 Å². The Hall–Kier alpha value is -2.67. The number of aromatic nitrogens is 4. The van der Waals surface area contributed by atoms with Gasteiger partial charge >= 0.3 is 5.97 Å². The Morgan fingerprint density at radius 1 is 1.21 bits per heavy atom. The first kappa shape index (κ1) is 16.2. The molecule has 1 N–H and O–H groups in total. The summed E-state index contributed by atoms with van der Waals surface area (Å²) in [6.45, 7) is 2.05. The fourth-order valence-electron chi connectivity index (χ4n) is 2.42. The molecule has 6 nitrogen and oxygen atoms in total. The van der Waals surface area contributed by atoms with Crippen LogP contribution in [0.15, 0.2) is 60.0 Å². The lowest BCUT2D eigenvalue weighted by Gasteiger charge is -2.18. The van der Waals surface area contributed by atoms with E-state index in [9.17, 15) is 4.79 Å². The monoisotopic (exact) mass is 340 g/mol. The van der Waals surface area contributed by atoms with Gasteiger partial charge in [-0.3, -0.25) is 14.3 Å². The molecule has 0 spiro atoms. The van der Waals surface area contributed by atoms with Crippen molar-refractivity contribution in [2.45, 2.75) is 18.1 Å². The Kier molecular flexibility index (Phi) is 4.90. The minimum absolute atomic E-state index is 0.0345. The molecule has 0 radical (unpaired) electrons. The van der Waals surface area contributed by atoms with Crippen LogP contribution in [0.3, 0.4) is 0 Å². The molecule has 3 aromatic rings. The molecule has 0 saturated heterocycles. The quantitative estimate of drug-likeness (QED) is 0.694. The van der Waals surface area contributed by atoms with Gasteiger partial charge in [0.05, 0.1) is 11.8 Å². The van der Waals surface area contributed by atoms with E-state index in [-0.39, 0.29) is 11.8 Å². The van der Waals surface area contributed by atoms with E-state index in [4.69, 9.17) is 5.11 Å². The van der Waals surface area contributed by atoms with E-state index >= 15 is 0 Å².